The number of benzene rings is 1. The first-order valence-corrected chi connectivity index (χ1v) is 13.4. The van der Waals surface area contributed by atoms with Gasteiger partial charge < -0.3 is 5.32 Å². The number of hydrogen-bond acceptors (Lipinski definition) is 3. The molecule has 5 aliphatic rings. The topological polar surface area (TPSA) is 66.5 Å². The molecule has 0 aromatic heterocycles. The largest absolute Gasteiger partial charge is 0.326 e. The second kappa shape index (κ2) is 7.63. The van der Waals surface area contributed by atoms with Gasteiger partial charge in [-0.1, -0.05) is 12.1 Å². The van der Waals surface area contributed by atoms with E-state index in [1.807, 2.05) is 0 Å². The van der Waals surface area contributed by atoms with Gasteiger partial charge in [-0.2, -0.15) is 0 Å². The highest BCUT2D eigenvalue weighted by Crippen LogP contribution is 2.60. The molecule has 4 saturated carbocycles. The van der Waals surface area contributed by atoms with Gasteiger partial charge in [0.25, 0.3) is 0 Å². The number of hydrogen-bond donors (Lipinski definition) is 1. The van der Waals surface area contributed by atoms with E-state index >= 15 is 0 Å². The quantitative estimate of drug-likeness (QED) is 0.763. The highest BCUT2D eigenvalue weighted by atomic mass is 32.2. The molecular formula is C24H34N2O3S. The summed E-state index contributed by atoms with van der Waals surface area (Å²) in [4.78, 5) is 12.7. The summed E-state index contributed by atoms with van der Waals surface area (Å²) in [6.07, 6.45) is 9.59. The lowest BCUT2D eigenvalue weighted by molar-refractivity contribution is -0.120. The zero-order valence-corrected chi connectivity index (χ0v) is 18.8. The summed E-state index contributed by atoms with van der Waals surface area (Å²) in [5.74, 6) is 2.82. The summed E-state index contributed by atoms with van der Waals surface area (Å²) in [6, 6.07) is 8.64. The molecule has 1 heterocycles. The van der Waals surface area contributed by atoms with Crippen LogP contribution < -0.4 is 5.32 Å². The van der Waals surface area contributed by atoms with Crippen molar-refractivity contribution in [2.75, 3.05) is 24.2 Å². The van der Waals surface area contributed by atoms with E-state index in [0.29, 0.717) is 31.3 Å². The molecule has 5 fully saturated rings. The Labute approximate surface area is 180 Å². The Bertz CT molecular complexity index is 866. The van der Waals surface area contributed by atoms with Crippen LogP contribution in [0.3, 0.4) is 0 Å². The van der Waals surface area contributed by atoms with Crippen molar-refractivity contribution in [1.29, 1.82) is 0 Å². The Kier molecular flexibility index (Phi) is 5.21. The van der Waals surface area contributed by atoms with E-state index in [1.165, 1.54) is 48.4 Å². The van der Waals surface area contributed by atoms with Crippen molar-refractivity contribution in [2.45, 2.75) is 63.7 Å². The molecular weight excluding hydrogens is 396 g/mol. The van der Waals surface area contributed by atoms with Crippen LogP contribution in [0.25, 0.3) is 0 Å². The van der Waals surface area contributed by atoms with Gasteiger partial charge in [-0.15, -0.1) is 0 Å². The van der Waals surface area contributed by atoms with Gasteiger partial charge in [0.1, 0.15) is 0 Å². The summed E-state index contributed by atoms with van der Waals surface area (Å²) in [7, 11) is -3.15. The summed E-state index contributed by atoms with van der Waals surface area (Å²) < 4.78 is 25.5. The lowest BCUT2D eigenvalue weighted by Crippen LogP contribution is -2.48. The van der Waals surface area contributed by atoms with E-state index < -0.39 is 10.0 Å². The molecule has 1 saturated heterocycles. The number of amides is 1. The van der Waals surface area contributed by atoms with E-state index in [2.05, 4.69) is 29.6 Å². The van der Waals surface area contributed by atoms with Crippen molar-refractivity contribution in [3.63, 3.8) is 0 Å². The predicted octanol–water partition coefficient (Wildman–Crippen LogP) is 4.15. The van der Waals surface area contributed by atoms with Gasteiger partial charge in [-0.05, 0) is 99.2 Å². The van der Waals surface area contributed by atoms with Crippen LogP contribution in [0.5, 0.6) is 0 Å². The number of sulfonamides is 1. The average molecular weight is 431 g/mol. The van der Waals surface area contributed by atoms with Crippen molar-refractivity contribution in [1.82, 2.24) is 4.31 Å². The average Bonchev–Trinajstić information content (AvgIpc) is 2.73. The van der Waals surface area contributed by atoms with Gasteiger partial charge >= 0.3 is 0 Å². The third-order valence-corrected chi connectivity index (χ3v) is 10.3. The van der Waals surface area contributed by atoms with Crippen molar-refractivity contribution >= 4 is 21.6 Å². The first-order valence-electron chi connectivity index (χ1n) is 11.8. The fourth-order valence-electron chi connectivity index (χ4n) is 7.19. The highest BCUT2D eigenvalue weighted by Gasteiger charge is 2.51. The lowest BCUT2D eigenvalue weighted by atomic mass is 9.48. The number of anilines is 1. The van der Waals surface area contributed by atoms with Crippen LogP contribution in [0.2, 0.25) is 0 Å². The Morgan fingerprint density at radius 1 is 1.00 bits per heavy atom. The molecule has 1 amide bonds. The third-order valence-electron chi connectivity index (χ3n) is 8.39. The summed E-state index contributed by atoms with van der Waals surface area (Å²) >= 11 is 0. The minimum absolute atomic E-state index is 0.0195. The van der Waals surface area contributed by atoms with Gasteiger partial charge in [0.2, 0.25) is 15.9 Å². The molecule has 1 aliphatic heterocycles. The minimum Gasteiger partial charge on any atom is -0.326 e. The molecule has 0 unspecified atom stereocenters. The molecule has 6 rings (SSSR count). The monoisotopic (exact) mass is 430 g/mol. The fourth-order valence-corrected chi connectivity index (χ4v) is 8.33. The van der Waals surface area contributed by atoms with Crippen molar-refractivity contribution in [3.05, 3.63) is 29.8 Å². The lowest BCUT2D eigenvalue weighted by Gasteiger charge is -2.57. The Balaban J connectivity index is 1.21. The SMILES string of the molecule is CCS(=O)(=O)N1CCC(C(=O)Nc2ccc(C34CC5CC(CC(C5)C3)C4)cc2)CC1. The molecule has 0 radical (unpaired) electrons. The van der Waals surface area contributed by atoms with Crippen LogP contribution in [0, 0.1) is 23.7 Å². The van der Waals surface area contributed by atoms with Gasteiger partial charge in [-0.3, -0.25) is 4.79 Å². The Hall–Kier alpha value is -1.40. The second-order valence-corrected chi connectivity index (χ2v) is 12.6. The number of piperidine rings is 1. The first-order chi connectivity index (χ1) is 14.4. The zero-order valence-electron chi connectivity index (χ0n) is 18.0. The summed E-state index contributed by atoms with van der Waals surface area (Å²) in [6.45, 7) is 2.56. The smallest absolute Gasteiger partial charge is 0.227 e. The summed E-state index contributed by atoms with van der Waals surface area (Å²) in [5.41, 5.74) is 2.71. The Morgan fingerprint density at radius 2 is 1.53 bits per heavy atom. The van der Waals surface area contributed by atoms with E-state index in [0.717, 1.165) is 23.4 Å². The van der Waals surface area contributed by atoms with Gasteiger partial charge in [0.05, 0.1) is 5.75 Å². The van der Waals surface area contributed by atoms with E-state index in [1.54, 1.807) is 6.92 Å². The van der Waals surface area contributed by atoms with E-state index in [4.69, 9.17) is 0 Å². The molecule has 0 atom stereocenters. The maximum atomic E-state index is 12.7. The molecule has 1 aromatic rings. The van der Waals surface area contributed by atoms with Crippen LogP contribution in [-0.2, 0) is 20.2 Å². The van der Waals surface area contributed by atoms with Gasteiger partial charge in [0.15, 0.2) is 0 Å². The van der Waals surface area contributed by atoms with E-state index in [9.17, 15) is 13.2 Å². The van der Waals surface area contributed by atoms with E-state index in [-0.39, 0.29) is 17.6 Å². The summed E-state index contributed by atoms with van der Waals surface area (Å²) in [5, 5.41) is 3.07. The Morgan fingerprint density at radius 3 is 2.03 bits per heavy atom. The molecule has 4 bridgehead atoms. The molecule has 5 nitrogen and oxygen atoms in total. The number of nitrogens with zero attached hydrogens (tertiary/aromatic N) is 1. The predicted molar refractivity (Wildman–Crippen MR) is 119 cm³/mol. The molecule has 6 heteroatoms. The third kappa shape index (κ3) is 3.70. The molecule has 1 aromatic carbocycles. The van der Waals surface area contributed by atoms with Crippen LogP contribution in [0.15, 0.2) is 24.3 Å². The highest BCUT2D eigenvalue weighted by molar-refractivity contribution is 7.89. The number of rotatable bonds is 5. The second-order valence-electron chi connectivity index (χ2n) is 10.3. The van der Waals surface area contributed by atoms with Crippen molar-refractivity contribution in [2.24, 2.45) is 23.7 Å². The van der Waals surface area contributed by atoms with Crippen LogP contribution in [0.4, 0.5) is 5.69 Å². The minimum atomic E-state index is -3.15. The number of carbonyl (C=O) groups is 1. The van der Waals surface area contributed by atoms with Crippen molar-refractivity contribution < 1.29 is 13.2 Å². The standard InChI is InChI=1S/C24H34N2O3S/c1-2-30(28,29)26-9-7-20(8-10-26)23(27)25-22-5-3-21(4-6-22)24-14-17-11-18(15-24)13-19(12-17)16-24/h3-6,17-20H,2,7-16H2,1H3,(H,25,27). The first kappa shape index (κ1) is 20.5. The maximum absolute atomic E-state index is 12.7. The van der Waals surface area contributed by atoms with Crippen LogP contribution in [0.1, 0.15) is 63.9 Å². The molecule has 1 N–H and O–H groups in total. The van der Waals surface area contributed by atoms with Crippen LogP contribution >= 0.6 is 0 Å². The molecule has 0 spiro atoms. The van der Waals surface area contributed by atoms with Crippen LogP contribution in [-0.4, -0.2) is 37.5 Å². The zero-order chi connectivity index (χ0) is 20.9. The fraction of sp³-hybridized carbons (Fsp3) is 0.708. The molecule has 164 valence electrons. The van der Waals surface area contributed by atoms with Gasteiger partial charge in [0, 0.05) is 24.7 Å². The normalized spacial score (nSPS) is 34.2. The molecule has 4 aliphatic carbocycles. The van der Waals surface area contributed by atoms with Gasteiger partial charge in [-0.25, -0.2) is 12.7 Å². The maximum Gasteiger partial charge on any atom is 0.227 e. The van der Waals surface area contributed by atoms with Crippen molar-refractivity contribution in [3.8, 4) is 0 Å². The number of carbonyl (C=O) groups excluding carboxylic acids is 1. The molecule has 30 heavy (non-hydrogen) atoms. The number of nitrogens with one attached hydrogen (secondary N) is 1.